The molecule has 0 aliphatic heterocycles. The van der Waals surface area contributed by atoms with E-state index in [1.165, 1.54) is 34.5 Å². The predicted octanol–water partition coefficient (Wildman–Crippen LogP) is 5.71. The molecule has 160 valence electrons. The third-order valence-corrected chi connectivity index (χ3v) is 7.61. The van der Waals surface area contributed by atoms with Crippen LogP contribution < -0.4 is 5.76 Å². The molecular weight excluding hydrogens is 406 g/mol. The Morgan fingerprint density at radius 3 is 2.68 bits per heavy atom. The first kappa shape index (κ1) is 20.2. The number of hydrogen-bond donors (Lipinski definition) is 1. The van der Waals surface area contributed by atoms with Gasteiger partial charge in [-0.3, -0.25) is 9.88 Å². The van der Waals surface area contributed by atoms with E-state index in [0.717, 1.165) is 29.9 Å². The van der Waals surface area contributed by atoms with Gasteiger partial charge in [-0.15, -0.1) is 11.3 Å². The first-order chi connectivity index (χ1) is 15.1. The number of hydrogen-bond acceptors (Lipinski definition) is 5. The summed E-state index contributed by atoms with van der Waals surface area (Å²) in [7, 11) is 2.23. The molecule has 1 N–H and O–H groups in total. The molecule has 4 aromatic rings. The van der Waals surface area contributed by atoms with Gasteiger partial charge in [0.15, 0.2) is 5.58 Å². The Bertz CT molecular complexity index is 1230. The molecule has 0 atom stereocenters. The zero-order chi connectivity index (χ0) is 21.4. The molecule has 1 aliphatic rings. The summed E-state index contributed by atoms with van der Waals surface area (Å²) in [6.07, 6.45) is 4.65. The Hall–Kier alpha value is -2.70. The highest BCUT2D eigenvalue weighted by atomic mass is 32.1. The van der Waals surface area contributed by atoms with Crippen molar-refractivity contribution in [2.24, 2.45) is 0 Å². The summed E-state index contributed by atoms with van der Waals surface area (Å²) in [6.45, 7) is 3.07. The Labute approximate surface area is 185 Å². The molecule has 5 rings (SSSR count). The van der Waals surface area contributed by atoms with Crippen LogP contribution in [0.1, 0.15) is 47.7 Å². The number of aromatic amines is 1. The van der Waals surface area contributed by atoms with Gasteiger partial charge < -0.3 is 4.42 Å². The summed E-state index contributed by atoms with van der Waals surface area (Å²) >= 11 is 1.78. The molecule has 0 amide bonds. The summed E-state index contributed by atoms with van der Waals surface area (Å²) in [5, 5.41) is 1.11. The van der Waals surface area contributed by atoms with Crippen LogP contribution in [0.4, 0.5) is 0 Å². The number of H-pyrrole nitrogens is 1. The topological polar surface area (TPSA) is 62.1 Å². The summed E-state index contributed by atoms with van der Waals surface area (Å²) in [5.41, 5.74) is 5.10. The van der Waals surface area contributed by atoms with Crippen LogP contribution >= 0.6 is 11.3 Å². The maximum Gasteiger partial charge on any atom is 0.417 e. The van der Waals surface area contributed by atoms with Crippen LogP contribution in [0.5, 0.6) is 0 Å². The summed E-state index contributed by atoms with van der Waals surface area (Å²) < 4.78 is 5.24. The second-order valence-corrected chi connectivity index (χ2v) is 9.78. The number of aromatic nitrogens is 2. The lowest BCUT2D eigenvalue weighted by Gasteiger charge is -2.34. The standard InChI is InChI=1S/C25H27N3O2S/c1-16-22(26-24(31-16)18-6-4-3-5-7-18)15-28(2)20-11-8-17(9-12-20)19-10-13-21-23(14-19)30-25(29)27-21/h3-7,10,13-14,17,20H,8-9,11-12,15H2,1-2H3,(H,27,29). The van der Waals surface area contributed by atoms with E-state index in [0.29, 0.717) is 17.5 Å². The third kappa shape index (κ3) is 4.23. The van der Waals surface area contributed by atoms with E-state index < -0.39 is 0 Å². The highest BCUT2D eigenvalue weighted by molar-refractivity contribution is 7.15. The van der Waals surface area contributed by atoms with Crippen molar-refractivity contribution in [1.82, 2.24) is 14.9 Å². The number of rotatable bonds is 5. The van der Waals surface area contributed by atoms with E-state index >= 15 is 0 Å². The summed E-state index contributed by atoms with van der Waals surface area (Å²) in [4.78, 5) is 22.9. The van der Waals surface area contributed by atoms with Crippen molar-refractivity contribution in [3.63, 3.8) is 0 Å². The minimum Gasteiger partial charge on any atom is -0.408 e. The minimum atomic E-state index is -0.384. The molecular formula is C25H27N3O2S. The molecule has 2 aromatic carbocycles. The summed E-state index contributed by atoms with van der Waals surface area (Å²) in [6, 6.07) is 17.1. The van der Waals surface area contributed by atoms with Crippen molar-refractivity contribution < 1.29 is 4.42 Å². The smallest absolute Gasteiger partial charge is 0.408 e. The van der Waals surface area contributed by atoms with Crippen molar-refractivity contribution in [3.05, 3.63) is 75.2 Å². The molecule has 0 bridgehead atoms. The Morgan fingerprint density at radius 2 is 1.90 bits per heavy atom. The zero-order valence-electron chi connectivity index (χ0n) is 17.9. The molecule has 0 radical (unpaired) electrons. The number of fused-ring (bicyclic) bond motifs is 1. The van der Waals surface area contributed by atoms with Gasteiger partial charge in [0.2, 0.25) is 0 Å². The third-order valence-electron chi connectivity index (χ3n) is 6.55. The second-order valence-electron chi connectivity index (χ2n) is 8.58. The predicted molar refractivity (Wildman–Crippen MR) is 126 cm³/mol. The van der Waals surface area contributed by atoms with E-state index in [-0.39, 0.29) is 5.76 Å². The molecule has 1 aliphatic carbocycles. The van der Waals surface area contributed by atoms with Crippen LogP contribution in [0.25, 0.3) is 21.7 Å². The molecule has 0 unspecified atom stereocenters. The zero-order valence-corrected chi connectivity index (χ0v) is 18.7. The van der Waals surface area contributed by atoms with Gasteiger partial charge >= 0.3 is 5.76 Å². The minimum absolute atomic E-state index is 0.384. The lowest BCUT2D eigenvalue weighted by Crippen LogP contribution is -2.34. The van der Waals surface area contributed by atoms with Gasteiger partial charge in [-0.05, 0) is 63.3 Å². The molecule has 1 saturated carbocycles. The van der Waals surface area contributed by atoms with Crippen molar-refractivity contribution in [1.29, 1.82) is 0 Å². The second kappa shape index (κ2) is 8.44. The van der Waals surface area contributed by atoms with Crippen molar-refractivity contribution in [3.8, 4) is 10.6 Å². The molecule has 2 aromatic heterocycles. The van der Waals surface area contributed by atoms with Crippen LogP contribution in [-0.2, 0) is 6.54 Å². The fourth-order valence-electron chi connectivity index (χ4n) is 4.71. The fourth-order valence-corrected chi connectivity index (χ4v) is 5.64. The number of oxazole rings is 1. The van der Waals surface area contributed by atoms with Gasteiger partial charge in [0.1, 0.15) is 5.01 Å². The molecule has 5 nitrogen and oxygen atoms in total. The number of aryl methyl sites for hydroxylation is 1. The molecule has 1 fully saturated rings. The van der Waals surface area contributed by atoms with Gasteiger partial charge in [-0.1, -0.05) is 36.4 Å². The highest BCUT2D eigenvalue weighted by Crippen LogP contribution is 2.36. The van der Waals surface area contributed by atoms with Crippen LogP contribution in [0, 0.1) is 6.92 Å². The monoisotopic (exact) mass is 433 g/mol. The van der Waals surface area contributed by atoms with Gasteiger partial charge in [-0.2, -0.15) is 0 Å². The van der Waals surface area contributed by atoms with Crippen LogP contribution in [0.2, 0.25) is 0 Å². The molecule has 2 heterocycles. The maximum absolute atomic E-state index is 11.4. The molecule has 0 saturated heterocycles. The molecule has 31 heavy (non-hydrogen) atoms. The van der Waals surface area contributed by atoms with E-state index in [1.54, 1.807) is 11.3 Å². The SMILES string of the molecule is Cc1sc(-c2ccccc2)nc1CN(C)C1CCC(c2ccc3[nH]c(=O)oc3c2)CC1. The average molecular weight is 434 g/mol. The van der Waals surface area contributed by atoms with Crippen LogP contribution in [-0.4, -0.2) is 28.0 Å². The maximum atomic E-state index is 11.4. The van der Waals surface area contributed by atoms with Crippen LogP contribution in [0.3, 0.4) is 0 Å². The van der Waals surface area contributed by atoms with Crippen LogP contribution in [0.15, 0.2) is 57.7 Å². The van der Waals surface area contributed by atoms with Gasteiger partial charge in [0.05, 0.1) is 11.2 Å². The van der Waals surface area contributed by atoms with E-state index in [1.807, 2.05) is 18.2 Å². The first-order valence-electron chi connectivity index (χ1n) is 10.9. The normalized spacial score (nSPS) is 19.3. The van der Waals surface area contributed by atoms with E-state index in [9.17, 15) is 4.79 Å². The van der Waals surface area contributed by atoms with Crippen molar-refractivity contribution in [2.45, 2.75) is 51.1 Å². The number of nitrogens with zero attached hydrogens (tertiary/aromatic N) is 2. The molecule has 6 heteroatoms. The quantitative estimate of drug-likeness (QED) is 0.438. The highest BCUT2D eigenvalue weighted by Gasteiger charge is 2.26. The van der Waals surface area contributed by atoms with Crippen molar-refractivity contribution in [2.75, 3.05) is 7.05 Å². The Kier molecular flexibility index (Phi) is 5.50. The number of thiazole rings is 1. The van der Waals surface area contributed by atoms with E-state index in [2.05, 4.69) is 54.2 Å². The molecule has 0 spiro atoms. The summed E-state index contributed by atoms with van der Waals surface area (Å²) in [5.74, 6) is 0.144. The Balaban J connectivity index is 1.22. The lowest BCUT2D eigenvalue weighted by atomic mass is 9.81. The largest absolute Gasteiger partial charge is 0.417 e. The van der Waals surface area contributed by atoms with Crippen molar-refractivity contribution >= 4 is 22.4 Å². The lowest BCUT2D eigenvalue weighted by molar-refractivity contribution is 0.174. The average Bonchev–Trinajstić information content (AvgIpc) is 3.35. The fraction of sp³-hybridized carbons (Fsp3) is 0.360. The Morgan fingerprint density at radius 1 is 1.13 bits per heavy atom. The van der Waals surface area contributed by atoms with Gasteiger partial charge in [0.25, 0.3) is 0 Å². The number of nitrogens with one attached hydrogen (secondary N) is 1. The van der Waals surface area contributed by atoms with Gasteiger partial charge in [-0.25, -0.2) is 9.78 Å². The number of benzene rings is 2. The first-order valence-corrected chi connectivity index (χ1v) is 11.7. The van der Waals surface area contributed by atoms with Gasteiger partial charge in [0, 0.05) is 23.0 Å². The van der Waals surface area contributed by atoms with E-state index in [4.69, 9.17) is 9.40 Å².